The predicted molar refractivity (Wildman–Crippen MR) is 220 cm³/mol. The van der Waals surface area contributed by atoms with E-state index in [2.05, 4.69) is 15.0 Å². The molecule has 306 valence electrons. The Hall–Kier alpha value is -5.12. The van der Waals surface area contributed by atoms with Crippen LogP contribution in [-0.2, 0) is 21.2 Å². The van der Waals surface area contributed by atoms with Crippen LogP contribution >= 0.6 is 23.2 Å². The van der Waals surface area contributed by atoms with Gasteiger partial charge in [0.25, 0.3) is 15.9 Å². The largest absolute Gasteiger partial charge is 0.473 e. The predicted octanol–water partition coefficient (Wildman–Crippen LogP) is 9.41. The second-order valence-corrected chi connectivity index (χ2v) is 17.3. The maximum atomic E-state index is 16.9. The molecule has 2 aliphatic rings. The molecule has 0 unspecified atom stereocenters. The van der Waals surface area contributed by atoms with Crippen LogP contribution in [0.5, 0.6) is 17.4 Å². The second-order valence-electron chi connectivity index (χ2n) is 14.7. The number of hydrazine groups is 1. The van der Waals surface area contributed by atoms with E-state index in [0.717, 1.165) is 34.3 Å². The van der Waals surface area contributed by atoms with Crippen LogP contribution in [0.3, 0.4) is 0 Å². The number of benzene rings is 3. The van der Waals surface area contributed by atoms with Gasteiger partial charge in [-0.25, -0.2) is 23.8 Å². The zero-order chi connectivity index (χ0) is 41.2. The molecule has 59 heavy (non-hydrogen) atoms. The molecule has 1 amide bonds. The minimum atomic E-state index is -4.78. The highest BCUT2D eigenvalue weighted by atomic mass is 35.5. The molecule has 0 radical (unpaired) electrons. The van der Waals surface area contributed by atoms with E-state index in [1.54, 1.807) is 42.6 Å². The first-order chi connectivity index (χ1) is 28.4. The van der Waals surface area contributed by atoms with Gasteiger partial charge in [-0.05, 0) is 72.0 Å². The van der Waals surface area contributed by atoms with Gasteiger partial charge in [0.05, 0.1) is 18.0 Å². The summed E-state index contributed by atoms with van der Waals surface area (Å²) >= 11 is 12.6. The van der Waals surface area contributed by atoms with Gasteiger partial charge < -0.3 is 19.2 Å². The van der Waals surface area contributed by atoms with Crippen LogP contribution in [0, 0.1) is 0 Å². The van der Waals surface area contributed by atoms with Gasteiger partial charge in [-0.1, -0.05) is 71.7 Å². The number of hydrogen-bond acceptors (Lipinski definition) is 9. The molecule has 1 N–H and O–H groups in total. The molecule has 0 spiro atoms. The van der Waals surface area contributed by atoms with Crippen LogP contribution in [0.1, 0.15) is 41.6 Å². The number of para-hydroxylation sites is 1. The third-order valence-corrected chi connectivity index (χ3v) is 12.8. The Balaban J connectivity index is 1.09. The van der Waals surface area contributed by atoms with Crippen molar-refractivity contribution in [1.29, 1.82) is 0 Å². The maximum Gasteiger partial charge on any atom is 0.286 e. The summed E-state index contributed by atoms with van der Waals surface area (Å²) in [6, 6.07) is 25.7. The molecule has 0 saturated carbocycles. The molecule has 5 heterocycles. The summed E-state index contributed by atoms with van der Waals surface area (Å²) in [5.41, 5.74) is -0.311. The molecule has 0 atom stereocenters. The minimum Gasteiger partial charge on any atom is -0.473 e. The average molecular weight is 863 g/mol. The summed E-state index contributed by atoms with van der Waals surface area (Å²) in [4.78, 5) is 25.8. The first-order valence-electron chi connectivity index (χ1n) is 19.0. The van der Waals surface area contributed by atoms with Crippen molar-refractivity contribution in [3.8, 4) is 28.5 Å². The SMILES string of the molecule is O=C(c1ccccc1Oc1cnc2[nH]ccc2c1)N(N1CCC(F)(Cc2ccccc2-c2ccc(Cl)cc2)CC1)S(=O)(=O)c1cnc(OCC2(F)CCOCC2)c(Cl)c1. The highest BCUT2D eigenvalue weighted by molar-refractivity contribution is 7.89. The van der Waals surface area contributed by atoms with Gasteiger partial charge >= 0.3 is 0 Å². The molecular formula is C43H39Cl2F2N5O6S. The van der Waals surface area contributed by atoms with E-state index in [1.165, 1.54) is 17.3 Å². The quantitative estimate of drug-likeness (QED) is 0.128. The smallest absolute Gasteiger partial charge is 0.286 e. The highest BCUT2D eigenvalue weighted by Crippen LogP contribution is 2.38. The van der Waals surface area contributed by atoms with Crippen LogP contribution in [0.15, 0.2) is 114 Å². The number of rotatable bonds is 12. The van der Waals surface area contributed by atoms with E-state index in [-0.39, 0.29) is 87.2 Å². The van der Waals surface area contributed by atoms with E-state index in [0.29, 0.717) is 20.8 Å². The van der Waals surface area contributed by atoms with Crippen LogP contribution in [-0.4, -0.2) is 82.9 Å². The third-order valence-electron chi connectivity index (χ3n) is 10.6. The number of aromatic amines is 1. The molecule has 2 aliphatic heterocycles. The lowest BCUT2D eigenvalue weighted by Gasteiger charge is -2.41. The van der Waals surface area contributed by atoms with Crippen molar-refractivity contribution >= 4 is 50.2 Å². The van der Waals surface area contributed by atoms with Gasteiger partial charge in [0.1, 0.15) is 45.0 Å². The summed E-state index contributed by atoms with van der Waals surface area (Å²) in [5, 5.41) is 2.47. The van der Waals surface area contributed by atoms with E-state index >= 15 is 8.78 Å². The van der Waals surface area contributed by atoms with Crippen molar-refractivity contribution in [3.05, 3.63) is 131 Å². The number of H-pyrrole nitrogens is 1. The minimum absolute atomic E-state index is 0.0602. The molecule has 0 aliphatic carbocycles. The Kier molecular flexibility index (Phi) is 11.6. The fraction of sp³-hybridized carbons (Fsp3) is 0.279. The normalized spacial score (nSPS) is 16.7. The summed E-state index contributed by atoms with van der Waals surface area (Å²) in [7, 11) is -4.78. The number of halogens is 4. The standard InChI is InChI=1S/C43H39Cl2F2N5O6S/c44-32-11-9-29(10-12-32)35-6-2-1-5-31(35)25-42(46)14-19-51(20-15-42)52(41(53)36-7-3-4-8-38(36)58-33-23-30-13-18-48-39(30)49-26-33)59(54,55)34-24-37(45)40(50-27-34)57-28-43(47)16-21-56-22-17-43/h1-13,18,23-24,26-27H,14-17,19-22,25,28H2,(H,48,49). The number of sulfonamides is 1. The summed E-state index contributed by atoms with van der Waals surface area (Å²) in [6.07, 6.45) is 4.34. The number of pyridine rings is 2. The summed E-state index contributed by atoms with van der Waals surface area (Å²) < 4.78 is 79.3. The van der Waals surface area contributed by atoms with Crippen molar-refractivity contribution in [2.45, 2.75) is 48.3 Å². The van der Waals surface area contributed by atoms with E-state index in [4.69, 9.17) is 37.4 Å². The number of alkyl halides is 2. The number of hydrogen-bond donors (Lipinski definition) is 1. The monoisotopic (exact) mass is 861 g/mol. The van der Waals surface area contributed by atoms with Gasteiger partial charge in [0.15, 0.2) is 0 Å². The zero-order valence-corrected chi connectivity index (χ0v) is 34.0. The van der Waals surface area contributed by atoms with Crippen molar-refractivity contribution in [1.82, 2.24) is 24.4 Å². The van der Waals surface area contributed by atoms with Crippen molar-refractivity contribution < 1.29 is 36.2 Å². The number of aromatic nitrogens is 3. The molecule has 11 nitrogen and oxygen atoms in total. The molecule has 0 bridgehead atoms. The van der Waals surface area contributed by atoms with Crippen LogP contribution < -0.4 is 9.47 Å². The number of nitrogens with zero attached hydrogens (tertiary/aromatic N) is 4. The first kappa shape index (κ1) is 40.7. The number of ether oxygens (including phenoxy) is 3. The fourth-order valence-corrected chi connectivity index (χ4v) is 9.19. The number of amides is 1. The summed E-state index contributed by atoms with van der Waals surface area (Å²) in [5.74, 6) is -0.740. The number of piperidine rings is 1. The Morgan fingerprint density at radius 3 is 2.37 bits per heavy atom. The van der Waals surface area contributed by atoms with Crippen molar-refractivity contribution in [3.63, 3.8) is 0 Å². The van der Waals surface area contributed by atoms with Gasteiger partial charge in [0, 0.05) is 62.2 Å². The molecule has 16 heteroatoms. The number of carbonyl (C=O) groups excluding carboxylic acids is 1. The van der Waals surface area contributed by atoms with Crippen LogP contribution in [0.2, 0.25) is 10.0 Å². The van der Waals surface area contributed by atoms with Crippen LogP contribution in [0.25, 0.3) is 22.2 Å². The van der Waals surface area contributed by atoms with Crippen molar-refractivity contribution in [2.24, 2.45) is 0 Å². The Bertz CT molecular complexity index is 2580. The summed E-state index contributed by atoms with van der Waals surface area (Å²) in [6.45, 7) is -0.136. The molecule has 3 aromatic carbocycles. The van der Waals surface area contributed by atoms with Gasteiger partial charge in [-0.2, -0.15) is 12.8 Å². The Morgan fingerprint density at radius 2 is 1.61 bits per heavy atom. The molecular weight excluding hydrogens is 823 g/mol. The van der Waals surface area contributed by atoms with E-state index in [9.17, 15) is 13.2 Å². The number of carbonyl (C=O) groups is 1. The number of nitrogens with one attached hydrogen (secondary N) is 1. The lowest BCUT2D eigenvalue weighted by Crippen LogP contribution is -2.55. The lowest BCUT2D eigenvalue weighted by atomic mass is 9.85. The van der Waals surface area contributed by atoms with Gasteiger partial charge in [-0.15, -0.1) is 0 Å². The van der Waals surface area contributed by atoms with Gasteiger partial charge in [-0.3, -0.25) is 4.79 Å². The second kappa shape index (κ2) is 16.9. The van der Waals surface area contributed by atoms with Crippen LogP contribution in [0.4, 0.5) is 8.78 Å². The van der Waals surface area contributed by atoms with Gasteiger partial charge in [0.2, 0.25) is 5.88 Å². The fourth-order valence-electron chi connectivity index (χ4n) is 7.34. The highest BCUT2D eigenvalue weighted by Gasteiger charge is 2.43. The zero-order valence-electron chi connectivity index (χ0n) is 31.6. The number of fused-ring (bicyclic) bond motifs is 1. The van der Waals surface area contributed by atoms with Crippen molar-refractivity contribution in [2.75, 3.05) is 32.9 Å². The molecule has 8 rings (SSSR count). The van der Waals surface area contributed by atoms with E-state index < -0.39 is 32.2 Å². The molecule has 2 fully saturated rings. The first-order valence-corrected chi connectivity index (χ1v) is 21.2. The maximum absolute atomic E-state index is 16.9. The lowest BCUT2D eigenvalue weighted by molar-refractivity contribution is -0.0331. The topological polar surface area (TPSA) is 127 Å². The average Bonchev–Trinajstić information content (AvgIpc) is 3.70. The third kappa shape index (κ3) is 8.92. The van der Waals surface area contributed by atoms with E-state index in [1.807, 2.05) is 42.5 Å². The molecule has 3 aromatic heterocycles. The Morgan fingerprint density at radius 1 is 0.881 bits per heavy atom. The Labute approximate surface area is 349 Å². The molecule has 6 aromatic rings. The molecule has 2 saturated heterocycles.